The summed E-state index contributed by atoms with van der Waals surface area (Å²) in [5.41, 5.74) is 7.88. The molecule has 7 rings (SSSR count). The van der Waals surface area contributed by atoms with Crippen molar-refractivity contribution in [1.82, 2.24) is 9.97 Å². The third-order valence-electron chi connectivity index (χ3n) is 7.55. The topological polar surface area (TPSA) is 95.9 Å². The van der Waals surface area contributed by atoms with E-state index in [1.165, 1.54) is 27.6 Å². The number of allylic oxidation sites excluding steroid dienone is 2. The van der Waals surface area contributed by atoms with Crippen molar-refractivity contribution < 1.29 is 9.90 Å². The van der Waals surface area contributed by atoms with Crippen molar-refractivity contribution in [2.45, 2.75) is 0 Å². The maximum atomic E-state index is 11.1. The first-order valence-electron chi connectivity index (χ1n) is 13.5. The van der Waals surface area contributed by atoms with E-state index in [0.717, 1.165) is 44.7 Å². The average Bonchev–Trinajstić information content (AvgIpc) is 3.57. The number of aromatic nitrogens is 2. The lowest BCUT2D eigenvalue weighted by molar-refractivity contribution is -0.132. The Labute approximate surface area is 241 Å². The molecule has 200 valence electrons. The largest absolute Gasteiger partial charge is 0.477 e. The Kier molecular flexibility index (Phi) is 6.03. The molecular weight excluding hydrogens is 520 g/mol. The standard InChI is InChI=1S/C36H24N4O2/c37-22-24(36(41)42)7-5-6-23-12-14-25(15-13-23)40(26-16-18-30-28-8-1-3-10-32(28)38-34(30)20-26)27-17-19-31-29-9-2-4-11-33(29)39-35(31)21-27/h1-21,38-39H,(H,41,42)/b6-5+,24-7+. The van der Waals surface area contributed by atoms with E-state index in [9.17, 15) is 4.79 Å². The van der Waals surface area contributed by atoms with Gasteiger partial charge >= 0.3 is 5.97 Å². The predicted molar refractivity (Wildman–Crippen MR) is 170 cm³/mol. The molecule has 42 heavy (non-hydrogen) atoms. The van der Waals surface area contributed by atoms with E-state index in [4.69, 9.17) is 10.4 Å². The molecule has 0 radical (unpaired) electrons. The molecule has 0 aliphatic rings. The Morgan fingerprint density at radius 2 is 1.17 bits per heavy atom. The number of carbonyl (C=O) groups is 1. The van der Waals surface area contributed by atoms with Gasteiger partial charge in [-0.05, 0) is 60.2 Å². The van der Waals surface area contributed by atoms with Crippen molar-refractivity contribution in [3.8, 4) is 6.07 Å². The van der Waals surface area contributed by atoms with Crippen molar-refractivity contribution >= 4 is 72.7 Å². The van der Waals surface area contributed by atoms with E-state index in [2.05, 4.69) is 87.7 Å². The Hall–Kier alpha value is -6.06. The summed E-state index contributed by atoms with van der Waals surface area (Å²) >= 11 is 0. The smallest absolute Gasteiger partial charge is 0.346 e. The molecule has 2 aromatic heterocycles. The summed E-state index contributed by atoms with van der Waals surface area (Å²) in [6.07, 6.45) is 4.66. The number of aliphatic carboxylic acids is 1. The molecule has 0 unspecified atom stereocenters. The van der Waals surface area contributed by atoms with Crippen molar-refractivity contribution in [2.75, 3.05) is 4.90 Å². The summed E-state index contributed by atoms with van der Waals surface area (Å²) in [5, 5.41) is 22.8. The summed E-state index contributed by atoms with van der Waals surface area (Å²) in [7, 11) is 0. The molecule has 6 nitrogen and oxygen atoms in total. The SMILES string of the molecule is N#C/C(=C\C=C\c1ccc(N(c2ccc3c(c2)[nH]c2ccccc23)c2ccc3c(c2)[nH]c2ccccc23)cc1)C(=O)O. The van der Waals surface area contributed by atoms with Crippen LogP contribution in [0.15, 0.2) is 127 Å². The summed E-state index contributed by atoms with van der Waals surface area (Å²) in [6, 6.07) is 39.3. The molecule has 0 bridgehead atoms. The van der Waals surface area contributed by atoms with Gasteiger partial charge in [0.05, 0.1) is 0 Å². The molecule has 0 saturated heterocycles. The highest BCUT2D eigenvalue weighted by Gasteiger charge is 2.16. The minimum atomic E-state index is -1.24. The van der Waals surface area contributed by atoms with Crippen LogP contribution in [-0.4, -0.2) is 21.0 Å². The van der Waals surface area contributed by atoms with Gasteiger partial charge in [0.15, 0.2) is 0 Å². The first kappa shape index (κ1) is 24.9. The Balaban J connectivity index is 1.34. The second kappa shape index (κ2) is 10.2. The Bertz CT molecular complexity index is 2130. The number of carboxylic acid groups (broad SMARTS) is 1. The molecule has 0 saturated carbocycles. The number of para-hydroxylation sites is 2. The molecule has 0 aliphatic carbocycles. The summed E-state index contributed by atoms with van der Waals surface area (Å²) in [4.78, 5) is 20.4. The molecule has 5 aromatic carbocycles. The van der Waals surface area contributed by atoms with Crippen LogP contribution in [-0.2, 0) is 4.79 Å². The molecule has 2 heterocycles. The average molecular weight is 545 g/mol. The summed E-state index contributed by atoms with van der Waals surface area (Å²) < 4.78 is 0. The number of hydrogen-bond acceptors (Lipinski definition) is 3. The van der Waals surface area contributed by atoms with Crippen LogP contribution in [0.1, 0.15) is 5.56 Å². The van der Waals surface area contributed by atoms with E-state index >= 15 is 0 Å². The number of H-pyrrole nitrogens is 2. The highest BCUT2D eigenvalue weighted by Crippen LogP contribution is 2.39. The van der Waals surface area contributed by atoms with Crippen LogP contribution in [0, 0.1) is 11.3 Å². The normalized spacial score (nSPS) is 12.0. The highest BCUT2D eigenvalue weighted by atomic mass is 16.4. The third-order valence-corrected chi connectivity index (χ3v) is 7.55. The molecule has 3 N–H and O–H groups in total. The number of nitrogens with one attached hydrogen (secondary N) is 2. The van der Waals surface area contributed by atoms with Crippen LogP contribution >= 0.6 is 0 Å². The Morgan fingerprint density at radius 3 is 1.69 bits per heavy atom. The van der Waals surface area contributed by atoms with Crippen LogP contribution in [0.5, 0.6) is 0 Å². The number of nitrogens with zero attached hydrogens (tertiary/aromatic N) is 2. The zero-order valence-electron chi connectivity index (χ0n) is 22.4. The third kappa shape index (κ3) is 4.36. The van der Waals surface area contributed by atoms with Gasteiger partial charge in [0.25, 0.3) is 0 Å². The monoisotopic (exact) mass is 544 g/mol. The molecule has 7 aromatic rings. The maximum absolute atomic E-state index is 11.1. The van der Waals surface area contributed by atoms with Gasteiger partial charge in [0.1, 0.15) is 11.6 Å². The van der Waals surface area contributed by atoms with Crippen LogP contribution in [0.3, 0.4) is 0 Å². The van der Waals surface area contributed by atoms with Crippen LogP contribution in [0.2, 0.25) is 0 Å². The minimum absolute atomic E-state index is 0.311. The first-order chi connectivity index (χ1) is 20.6. The highest BCUT2D eigenvalue weighted by molar-refractivity contribution is 6.10. The number of nitriles is 1. The number of aromatic amines is 2. The molecule has 0 fully saturated rings. The number of fused-ring (bicyclic) bond motifs is 6. The molecule has 0 aliphatic heterocycles. The minimum Gasteiger partial charge on any atom is -0.477 e. The maximum Gasteiger partial charge on any atom is 0.346 e. The van der Waals surface area contributed by atoms with Crippen molar-refractivity contribution in [2.24, 2.45) is 0 Å². The number of carboxylic acids is 1. The number of benzene rings is 5. The number of rotatable bonds is 6. The molecule has 0 spiro atoms. The van der Waals surface area contributed by atoms with Crippen molar-refractivity contribution in [3.05, 3.63) is 132 Å². The lowest BCUT2D eigenvalue weighted by Crippen LogP contribution is -2.09. The zero-order chi connectivity index (χ0) is 28.6. The van der Waals surface area contributed by atoms with Crippen LogP contribution < -0.4 is 4.90 Å². The van der Waals surface area contributed by atoms with Gasteiger partial charge in [-0.2, -0.15) is 5.26 Å². The van der Waals surface area contributed by atoms with Gasteiger partial charge in [-0.3, -0.25) is 0 Å². The second-order valence-electron chi connectivity index (χ2n) is 10.1. The Morgan fingerprint density at radius 1 is 0.667 bits per heavy atom. The van der Waals surface area contributed by atoms with Gasteiger partial charge in [0, 0.05) is 60.7 Å². The van der Waals surface area contributed by atoms with Crippen LogP contribution in [0.4, 0.5) is 17.1 Å². The fourth-order valence-corrected chi connectivity index (χ4v) is 5.56. The quantitative estimate of drug-likeness (QED) is 0.111. The van der Waals surface area contributed by atoms with E-state index in [-0.39, 0.29) is 5.57 Å². The summed E-state index contributed by atoms with van der Waals surface area (Å²) in [5.74, 6) is -1.24. The zero-order valence-corrected chi connectivity index (χ0v) is 22.4. The molecule has 0 amide bonds. The fourth-order valence-electron chi connectivity index (χ4n) is 5.56. The van der Waals surface area contributed by atoms with Gasteiger partial charge in [-0.15, -0.1) is 0 Å². The summed E-state index contributed by atoms with van der Waals surface area (Å²) in [6.45, 7) is 0. The molecular formula is C36H24N4O2. The van der Waals surface area contributed by atoms with Crippen molar-refractivity contribution in [1.29, 1.82) is 5.26 Å². The van der Waals surface area contributed by atoms with Gasteiger partial charge in [-0.1, -0.05) is 72.8 Å². The molecule has 6 heteroatoms. The van der Waals surface area contributed by atoms with Gasteiger partial charge in [0.2, 0.25) is 0 Å². The van der Waals surface area contributed by atoms with Crippen LogP contribution in [0.25, 0.3) is 49.7 Å². The fraction of sp³-hybridized carbons (Fsp3) is 0. The molecule has 0 atom stereocenters. The predicted octanol–water partition coefficient (Wildman–Crippen LogP) is 8.97. The lowest BCUT2D eigenvalue weighted by Gasteiger charge is -2.26. The number of anilines is 3. The first-order valence-corrected chi connectivity index (χ1v) is 13.5. The van der Waals surface area contributed by atoms with Gasteiger partial charge < -0.3 is 20.0 Å². The second-order valence-corrected chi connectivity index (χ2v) is 10.1. The van der Waals surface area contributed by atoms with E-state index in [1.807, 2.05) is 36.4 Å². The van der Waals surface area contributed by atoms with E-state index in [1.54, 1.807) is 18.2 Å². The number of hydrogen-bond donors (Lipinski definition) is 3. The van der Waals surface area contributed by atoms with E-state index < -0.39 is 5.97 Å². The van der Waals surface area contributed by atoms with Gasteiger partial charge in [-0.25, -0.2) is 4.79 Å². The van der Waals surface area contributed by atoms with E-state index in [0.29, 0.717) is 0 Å². The lowest BCUT2D eigenvalue weighted by atomic mass is 10.1. The van der Waals surface area contributed by atoms with Crippen molar-refractivity contribution in [3.63, 3.8) is 0 Å².